The van der Waals surface area contributed by atoms with Crippen LogP contribution in [0.1, 0.15) is 61.2 Å². The highest BCUT2D eigenvalue weighted by molar-refractivity contribution is 5.79. The Morgan fingerprint density at radius 1 is 1.19 bits per heavy atom. The molecule has 0 saturated carbocycles. The van der Waals surface area contributed by atoms with Crippen LogP contribution < -0.4 is 5.56 Å². The van der Waals surface area contributed by atoms with Gasteiger partial charge in [-0.25, -0.2) is 9.07 Å². The number of benzene rings is 2. The number of aromatic nitrogens is 5. The highest BCUT2D eigenvalue weighted by atomic mass is 19.1. The second-order valence-corrected chi connectivity index (χ2v) is 9.90. The topological polar surface area (TPSA) is 88.9 Å². The maximum absolute atomic E-state index is 13.6. The van der Waals surface area contributed by atoms with Gasteiger partial charge >= 0.3 is 0 Å². The molecule has 1 fully saturated rings. The van der Waals surface area contributed by atoms with Gasteiger partial charge in [-0.15, -0.1) is 5.10 Å². The minimum Gasteiger partial charge on any atom is -0.376 e. The van der Waals surface area contributed by atoms with E-state index in [4.69, 9.17) is 4.74 Å². The third-order valence-electron chi connectivity index (χ3n) is 7.01. The SMILES string of the molecule is CCC[C@@H](c1nnnn1C[C@@H]1CCCO1)N(Cc1ccc(F)cc1)Cc1cc2ccc(C)cc2[nH]c1=O. The number of hydrogen-bond donors (Lipinski definition) is 1. The summed E-state index contributed by atoms with van der Waals surface area (Å²) in [5.74, 6) is 0.481. The van der Waals surface area contributed by atoms with E-state index in [2.05, 4.69) is 32.3 Å². The Labute approximate surface area is 215 Å². The highest BCUT2D eigenvalue weighted by Crippen LogP contribution is 2.29. The quantitative estimate of drug-likeness (QED) is 0.337. The summed E-state index contributed by atoms with van der Waals surface area (Å²) < 4.78 is 21.3. The molecule has 4 aromatic rings. The van der Waals surface area contributed by atoms with E-state index in [0.717, 1.165) is 60.1 Å². The van der Waals surface area contributed by atoms with Gasteiger partial charge in [-0.2, -0.15) is 0 Å². The molecule has 5 rings (SSSR count). The molecule has 0 unspecified atom stereocenters. The van der Waals surface area contributed by atoms with Crippen molar-refractivity contribution in [1.29, 1.82) is 0 Å². The fraction of sp³-hybridized carbons (Fsp3) is 0.429. The van der Waals surface area contributed by atoms with Crippen LogP contribution in [0.4, 0.5) is 4.39 Å². The number of nitrogens with one attached hydrogen (secondary N) is 1. The van der Waals surface area contributed by atoms with Gasteiger partial charge in [-0.05, 0) is 77.4 Å². The number of fused-ring (bicyclic) bond motifs is 1. The zero-order valence-electron chi connectivity index (χ0n) is 21.4. The van der Waals surface area contributed by atoms with Crippen LogP contribution in [0.15, 0.2) is 53.3 Å². The lowest BCUT2D eigenvalue weighted by molar-refractivity contribution is 0.0885. The second kappa shape index (κ2) is 11.3. The van der Waals surface area contributed by atoms with Crippen molar-refractivity contribution in [3.63, 3.8) is 0 Å². The molecule has 8 nitrogen and oxygen atoms in total. The number of nitrogens with zero attached hydrogens (tertiary/aromatic N) is 5. The number of tetrazole rings is 1. The van der Waals surface area contributed by atoms with Gasteiger partial charge in [0.2, 0.25) is 0 Å². The standard InChI is InChI=1S/C28H33FN6O2/c1-3-5-26(27-31-32-33-35(27)18-24-6-4-13-37-24)34(16-20-8-11-23(29)12-9-20)17-22-15-21-10-7-19(2)14-25(21)30-28(22)36/h7-12,14-15,24,26H,3-6,13,16-18H2,1-2H3,(H,30,36)/t24-,26-/m0/s1. The van der Waals surface area contributed by atoms with Crippen molar-refractivity contribution in [2.24, 2.45) is 0 Å². The molecule has 0 aliphatic carbocycles. The molecule has 0 radical (unpaired) electrons. The molecule has 2 atom stereocenters. The third-order valence-corrected chi connectivity index (χ3v) is 7.01. The summed E-state index contributed by atoms with van der Waals surface area (Å²) in [5, 5.41) is 13.7. The first-order chi connectivity index (χ1) is 18.0. The fourth-order valence-corrected chi connectivity index (χ4v) is 5.11. The van der Waals surface area contributed by atoms with Crippen LogP contribution in [0.2, 0.25) is 0 Å². The number of halogens is 1. The Morgan fingerprint density at radius 2 is 2.03 bits per heavy atom. The number of aryl methyl sites for hydroxylation is 1. The van der Waals surface area contributed by atoms with Crippen LogP contribution in [0.25, 0.3) is 10.9 Å². The van der Waals surface area contributed by atoms with Crippen LogP contribution in [0.3, 0.4) is 0 Å². The Bertz CT molecular complexity index is 1390. The molecule has 1 aliphatic heterocycles. The van der Waals surface area contributed by atoms with Gasteiger partial charge < -0.3 is 9.72 Å². The molecule has 2 aromatic heterocycles. The maximum Gasteiger partial charge on any atom is 0.252 e. The summed E-state index contributed by atoms with van der Waals surface area (Å²) in [6.07, 6.45) is 3.84. The lowest BCUT2D eigenvalue weighted by atomic mass is 10.0. The van der Waals surface area contributed by atoms with Crippen LogP contribution in [-0.4, -0.2) is 42.8 Å². The highest BCUT2D eigenvalue weighted by Gasteiger charge is 2.28. The van der Waals surface area contributed by atoms with E-state index in [1.807, 2.05) is 35.9 Å². The van der Waals surface area contributed by atoms with E-state index < -0.39 is 0 Å². The van der Waals surface area contributed by atoms with Crippen molar-refractivity contribution in [3.05, 3.63) is 87.2 Å². The molecule has 1 N–H and O–H groups in total. The Hall–Kier alpha value is -3.43. The fourth-order valence-electron chi connectivity index (χ4n) is 5.11. The van der Waals surface area contributed by atoms with Gasteiger partial charge in [0.1, 0.15) is 5.82 Å². The van der Waals surface area contributed by atoms with Gasteiger partial charge in [0.05, 0.1) is 18.7 Å². The predicted octanol–water partition coefficient (Wildman–Crippen LogP) is 4.68. The minimum absolute atomic E-state index is 0.0989. The van der Waals surface area contributed by atoms with Crippen molar-refractivity contribution in [2.45, 2.75) is 71.3 Å². The zero-order chi connectivity index (χ0) is 25.8. The van der Waals surface area contributed by atoms with Crippen molar-refractivity contribution >= 4 is 10.9 Å². The predicted molar refractivity (Wildman–Crippen MR) is 139 cm³/mol. The number of aromatic amines is 1. The van der Waals surface area contributed by atoms with E-state index in [0.29, 0.717) is 25.2 Å². The molecule has 0 bridgehead atoms. The first-order valence-corrected chi connectivity index (χ1v) is 13.0. The number of rotatable bonds is 10. The molecule has 37 heavy (non-hydrogen) atoms. The van der Waals surface area contributed by atoms with Crippen molar-refractivity contribution in [3.8, 4) is 0 Å². The monoisotopic (exact) mass is 504 g/mol. The molecule has 2 aromatic carbocycles. The van der Waals surface area contributed by atoms with Gasteiger partial charge in [-0.1, -0.05) is 37.6 Å². The van der Waals surface area contributed by atoms with Gasteiger partial charge in [0.25, 0.3) is 5.56 Å². The molecule has 9 heteroatoms. The normalized spacial score (nSPS) is 16.6. The second-order valence-electron chi connectivity index (χ2n) is 9.90. The van der Waals surface area contributed by atoms with Gasteiger partial charge in [0.15, 0.2) is 5.82 Å². The summed E-state index contributed by atoms with van der Waals surface area (Å²) in [6, 6.07) is 14.4. The first kappa shape index (κ1) is 25.2. The number of hydrogen-bond acceptors (Lipinski definition) is 6. The Morgan fingerprint density at radius 3 is 2.78 bits per heavy atom. The van der Waals surface area contributed by atoms with Crippen molar-refractivity contribution < 1.29 is 9.13 Å². The number of pyridine rings is 1. The molecule has 3 heterocycles. The third kappa shape index (κ3) is 5.94. The largest absolute Gasteiger partial charge is 0.376 e. The molecule has 0 spiro atoms. The maximum atomic E-state index is 13.6. The van der Waals surface area contributed by atoms with Gasteiger partial charge in [0, 0.05) is 30.8 Å². The van der Waals surface area contributed by atoms with E-state index in [1.54, 1.807) is 12.1 Å². The zero-order valence-corrected chi connectivity index (χ0v) is 21.4. The lowest BCUT2D eigenvalue weighted by Gasteiger charge is -2.31. The molecule has 1 aliphatic rings. The van der Waals surface area contributed by atoms with E-state index in [9.17, 15) is 9.18 Å². The van der Waals surface area contributed by atoms with Crippen LogP contribution in [0.5, 0.6) is 0 Å². The molecule has 194 valence electrons. The molecular formula is C28H33FN6O2. The molecule has 0 amide bonds. The lowest BCUT2D eigenvalue weighted by Crippen LogP contribution is -2.33. The van der Waals surface area contributed by atoms with Crippen molar-refractivity contribution in [1.82, 2.24) is 30.1 Å². The van der Waals surface area contributed by atoms with Crippen LogP contribution >= 0.6 is 0 Å². The Kier molecular flexibility index (Phi) is 7.71. The van der Waals surface area contributed by atoms with E-state index >= 15 is 0 Å². The van der Waals surface area contributed by atoms with E-state index in [-0.39, 0.29) is 23.5 Å². The summed E-state index contributed by atoms with van der Waals surface area (Å²) >= 11 is 0. The summed E-state index contributed by atoms with van der Waals surface area (Å²) in [6.45, 7) is 6.41. The number of H-pyrrole nitrogens is 1. The molecule has 1 saturated heterocycles. The summed E-state index contributed by atoms with van der Waals surface area (Å²) in [7, 11) is 0. The van der Waals surface area contributed by atoms with Crippen LogP contribution in [0, 0.1) is 12.7 Å². The summed E-state index contributed by atoms with van der Waals surface area (Å²) in [5.41, 5.74) is 3.42. The van der Waals surface area contributed by atoms with Crippen LogP contribution in [-0.2, 0) is 24.4 Å². The van der Waals surface area contributed by atoms with Gasteiger partial charge in [-0.3, -0.25) is 9.69 Å². The molecular weight excluding hydrogens is 471 g/mol. The van der Waals surface area contributed by atoms with E-state index in [1.165, 1.54) is 12.1 Å². The average Bonchev–Trinajstić information content (AvgIpc) is 3.57. The number of ether oxygens (including phenoxy) is 1. The average molecular weight is 505 g/mol. The minimum atomic E-state index is -0.276. The summed E-state index contributed by atoms with van der Waals surface area (Å²) in [4.78, 5) is 18.4. The first-order valence-electron chi connectivity index (χ1n) is 13.0. The van der Waals surface area contributed by atoms with Crippen molar-refractivity contribution in [2.75, 3.05) is 6.61 Å². The smallest absolute Gasteiger partial charge is 0.252 e. The Balaban J connectivity index is 1.51.